The summed E-state index contributed by atoms with van der Waals surface area (Å²) in [7, 11) is 0. The second kappa shape index (κ2) is 11.8. The van der Waals surface area contributed by atoms with Crippen molar-refractivity contribution in [1.29, 1.82) is 0 Å². The molecule has 3 aromatic carbocycles. The summed E-state index contributed by atoms with van der Waals surface area (Å²) in [4.78, 5) is 32.0. The van der Waals surface area contributed by atoms with E-state index >= 15 is 0 Å². The first kappa shape index (κ1) is 28.7. The van der Waals surface area contributed by atoms with Gasteiger partial charge >= 0.3 is 0 Å². The Morgan fingerprint density at radius 2 is 1.62 bits per heavy atom. The van der Waals surface area contributed by atoms with Gasteiger partial charge in [-0.05, 0) is 66.1 Å². The van der Waals surface area contributed by atoms with Gasteiger partial charge in [0.2, 0.25) is 5.95 Å². The van der Waals surface area contributed by atoms with E-state index in [-0.39, 0.29) is 29.3 Å². The minimum Gasteiger partial charge on any atom is -0.492 e. The topological polar surface area (TPSA) is 98.1 Å². The number of rotatable bonds is 10. The highest BCUT2D eigenvalue weighted by atomic mass is 19.1. The fourth-order valence-corrected chi connectivity index (χ4v) is 5.86. The number of halogens is 1. The number of pyridine rings is 1. The van der Waals surface area contributed by atoms with Gasteiger partial charge in [0.1, 0.15) is 17.3 Å². The number of hydrogen-bond donors (Lipinski definition) is 1. The fourth-order valence-electron chi connectivity index (χ4n) is 5.86. The number of nitrogens with zero attached hydrogens (tertiary/aromatic N) is 4. The maximum atomic E-state index is 13.1. The minimum atomic E-state index is -0.311. The summed E-state index contributed by atoms with van der Waals surface area (Å²) in [6.45, 7) is 5.26. The van der Waals surface area contributed by atoms with Gasteiger partial charge in [-0.2, -0.15) is 4.98 Å². The molecule has 1 spiro atoms. The SMILES string of the molecule is CCOc1cc(C(=O)N2CC3(COC3)C2)ccc1Nc1nc2ccc(-c3ccc(CC(=O)Cc4ccc(F)cc4)cc3)cn2n1. The van der Waals surface area contributed by atoms with Crippen LogP contribution in [0.5, 0.6) is 5.75 Å². The quantitative estimate of drug-likeness (QED) is 0.224. The van der Waals surface area contributed by atoms with Crippen molar-refractivity contribution in [2.45, 2.75) is 19.8 Å². The number of nitrogens with one attached hydrogen (secondary N) is 1. The molecule has 0 saturated carbocycles. The lowest BCUT2D eigenvalue weighted by atomic mass is 9.78. The number of hydrogen-bond acceptors (Lipinski definition) is 7. The second-order valence-electron chi connectivity index (χ2n) is 11.8. The predicted octanol–water partition coefficient (Wildman–Crippen LogP) is 5.50. The van der Waals surface area contributed by atoms with Crippen LogP contribution in [-0.2, 0) is 22.4 Å². The van der Waals surface area contributed by atoms with Crippen molar-refractivity contribution in [3.8, 4) is 16.9 Å². The zero-order valence-electron chi connectivity index (χ0n) is 24.8. The number of Topliss-reactive ketones (excluding diaryl/α,β-unsaturated/α-hetero) is 1. The van der Waals surface area contributed by atoms with Crippen LogP contribution >= 0.6 is 0 Å². The van der Waals surface area contributed by atoms with E-state index in [0.717, 1.165) is 48.6 Å². The van der Waals surface area contributed by atoms with E-state index in [2.05, 4.69) is 15.4 Å². The monoisotopic (exact) mass is 605 g/mol. The van der Waals surface area contributed by atoms with Gasteiger partial charge < -0.3 is 19.7 Å². The molecule has 9 nitrogen and oxygen atoms in total. The maximum Gasteiger partial charge on any atom is 0.254 e. The predicted molar refractivity (Wildman–Crippen MR) is 167 cm³/mol. The molecule has 7 rings (SSSR count). The van der Waals surface area contributed by atoms with Crippen LogP contribution < -0.4 is 10.1 Å². The number of benzene rings is 3. The van der Waals surface area contributed by atoms with Crippen molar-refractivity contribution in [3.63, 3.8) is 0 Å². The minimum absolute atomic E-state index is 0.0111. The van der Waals surface area contributed by atoms with Crippen molar-refractivity contribution >= 4 is 29.0 Å². The molecule has 0 radical (unpaired) electrons. The third-order valence-corrected chi connectivity index (χ3v) is 8.27. The Kier molecular flexibility index (Phi) is 7.50. The number of carbonyl (C=O) groups is 2. The van der Waals surface area contributed by atoms with E-state index in [4.69, 9.17) is 9.47 Å². The summed E-state index contributed by atoms with van der Waals surface area (Å²) >= 11 is 0. The Labute approximate surface area is 259 Å². The summed E-state index contributed by atoms with van der Waals surface area (Å²) in [6, 6.07) is 23.1. The lowest BCUT2D eigenvalue weighted by molar-refractivity contribution is -0.176. The molecular weight excluding hydrogens is 573 g/mol. The Morgan fingerprint density at radius 1 is 0.933 bits per heavy atom. The summed E-state index contributed by atoms with van der Waals surface area (Å²) in [5.41, 5.74) is 5.71. The van der Waals surface area contributed by atoms with E-state index in [1.807, 2.05) is 60.5 Å². The highest BCUT2D eigenvalue weighted by molar-refractivity contribution is 5.96. The van der Waals surface area contributed by atoms with Crippen molar-refractivity contribution in [2.75, 3.05) is 38.2 Å². The molecule has 2 fully saturated rings. The third-order valence-electron chi connectivity index (χ3n) is 8.27. The zero-order chi connectivity index (χ0) is 31.0. The molecule has 228 valence electrons. The third kappa shape index (κ3) is 6.01. The van der Waals surface area contributed by atoms with Crippen molar-refractivity contribution in [1.82, 2.24) is 19.5 Å². The van der Waals surface area contributed by atoms with Crippen LogP contribution in [0.2, 0.25) is 0 Å². The van der Waals surface area contributed by atoms with Gasteiger partial charge in [0, 0.05) is 43.3 Å². The number of carbonyl (C=O) groups excluding carboxylic acids is 2. The van der Waals surface area contributed by atoms with Crippen LogP contribution in [0.1, 0.15) is 28.4 Å². The van der Waals surface area contributed by atoms with Crippen molar-refractivity contribution in [2.24, 2.45) is 5.41 Å². The summed E-state index contributed by atoms with van der Waals surface area (Å²) in [5.74, 6) is 0.704. The molecule has 0 unspecified atom stereocenters. The van der Waals surface area contributed by atoms with E-state index in [9.17, 15) is 14.0 Å². The highest BCUT2D eigenvalue weighted by Gasteiger charge is 2.50. The lowest BCUT2D eigenvalue weighted by Crippen LogP contribution is -2.67. The van der Waals surface area contributed by atoms with Crippen LogP contribution in [0.4, 0.5) is 16.0 Å². The van der Waals surface area contributed by atoms with E-state index in [1.54, 1.807) is 28.8 Å². The number of fused-ring (bicyclic) bond motifs is 1. The number of ketones is 1. The molecule has 0 atom stereocenters. The number of likely N-dealkylation sites (tertiary alicyclic amines) is 1. The fraction of sp³-hybridized carbons (Fsp3) is 0.257. The molecule has 10 heteroatoms. The van der Waals surface area contributed by atoms with Crippen molar-refractivity contribution < 1.29 is 23.5 Å². The number of amides is 1. The molecule has 0 aliphatic carbocycles. The molecular formula is C35H32FN5O4. The molecule has 2 aliphatic rings. The van der Waals surface area contributed by atoms with E-state index < -0.39 is 0 Å². The Balaban J connectivity index is 1.02. The number of ether oxygens (including phenoxy) is 2. The van der Waals surface area contributed by atoms with Gasteiger partial charge in [-0.25, -0.2) is 8.91 Å². The van der Waals surface area contributed by atoms with Crippen LogP contribution in [0, 0.1) is 11.2 Å². The lowest BCUT2D eigenvalue weighted by Gasteiger charge is -2.54. The van der Waals surface area contributed by atoms with Gasteiger partial charge in [-0.15, -0.1) is 5.10 Å². The Hall–Kier alpha value is -5.09. The molecule has 2 aliphatic heterocycles. The van der Waals surface area contributed by atoms with Gasteiger partial charge in [0.05, 0.1) is 30.9 Å². The molecule has 2 saturated heterocycles. The van der Waals surface area contributed by atoms with Crippen LogP contribution in [0.3, 0.4) is 0 Å². The molecule has 0 bridgehead atoms. The smallest absolute Gasteiger partial charge is 0.254 e. The number of anilines is 2. The molecule has 45 heavy (non-hydrogen) atoms. The largest absolute Gasteiger partial charge is 0.492 e. The van der Waals surface area contributed by atoms with E-state index in [1.165, 1.54) is 12.1 Å². The second-order valence-corrected chi connectivity index (χ2v) is 11.8. The van der Waals surface area contributed by atoms with Gasteiger partial charge in [0.25, 0.3) is 5.91 Å². The zero-order valence-corrected chi connectivity index (χ0v) is 24.8. The first-order valence-corrected chi connectivity index (χ1v) is 15.0. The molecule has 4 heterocycles. The Bertz CT molecular complexity index is 1880. The molecule has 1 N–H and O–H groups in total. The standard InChI is InChI=1S/C35H32FN5O4/c1-2-45-31-17-26(33(43)40-19-35(20-40)21-44-22-35)9-13-30(31)37-34-38-32-14-10-27(18-41(32)39-34)25-7-3-23(4-8-25)15-29(42)16-24-5-11-28(36)12-6-24/h3-14,17-18H,2,15-16,19-22H2,1H3,(H,37,39). The van der Waals surface area contributed by atoms with Gasteiger partial charge in [-0.3, -0.25) is 9.59 Å². The average molecular weight is 606 g/mol. The molecule has 2 aromatic heterocycles. The highest BCUT2D eigenvalue weighted by Crippen LogP contribution is 2.39. The van der Waals surface area contributed by atoms with Crippen LogP contribution in [0.25, 0.3) is 16.8 Å². The average Bonchev–Trinajstić information content (AvgIpc) is 3.40. The van der Waals surface area contributed by atoms with Crippen LogP contribution in [0.15, 0.2) is 85.1 Å². The van der Waals surface area contributed by atoms with Gasteiger partial charge in [-0.1, -0.05) is 36.4 Å². The van der Waals surface area contributed by atoms with Crippen molar-refractivity contribution in [3.05, 3.63) is 108 Å². The summed E-state index contributed by atoms with van der Waals surface area (Å²) in [6.07, 6.45) is 2.48. The summed E-state index contributed by atoms with van der Waals surface area (Å²) in [5, 5.41) is 7.87. The molecule has 1 amide bonds. The van der Waals surface area contributed by atoms with E-state index in [0.29, 0.717) is 41.6 Å². The summed E-state index contributed by atoms with van der Waals surface area (Å²) < 4.78 is 26.0. The maximum absolute atomic E-state index is 13.1. The number of aromatic nitrogens is 3. The van der Waals surface area contributed by atoms with Gasteiger partial charge in [0.15, 0.2) is 5.65 Å². The normalized spacial score (nSPS) is 15.0. The first-order valence-electron chi connectivity index (χ1n) is 15.0. The Morgan fingerprint density at radius 3 is 2.29 bits per heavy atom. The first-order chi connectivity index (χ1) is 21.9. The van der Waals surface area contributed by atoms with Crippen LogP contribution in [-0.4, -0.2) is 64.1 Å². The molecule has 5 aromatic rings.